The SMILES string of the molecule is [Na+].[O-]N(c1cccc(OC(F)(F)C(F)F)c1)c1nccc(-c2cccc3ccccc23)n1. The molecule has 0 saturated carbocycles. The van der Waals surface area contributed by atoms with Crippen LogP contribution in [0.25, 0.3) is 22.0 Å². The van der Waals surface area contributed by atoms with Crippen LogP contribution < -0.4 is 39.4 Å². The van der Waals surface area contributed by atoms with E-state index in [1.54, 1.807) is 6.07 Å². The van der Waals surface area contributed by atoms with Crippen LogP contribution >= 0.6 is 0 Å². The van der Waals surface area contributed by atoms with Crippen molar-refractivity contribution in [3.05, 3.63) is 84.2 Å². The van der Waals surface area contributed by atoms with Gasteiger partial charge in [-0.05, 0) is 29.0 Å². The molecule has 0 N–H and O–H groups in total. The second-order valence-corrected chi connectivity index (χ2v) is 6.52. The van der Waals surface area contributed by atoms with Gasteiger partial charge in [0.15, 0.2) is 0 Å². The Morgan fingerprint density at radius 2 is 1.66 bits per heavy atom. The van der Waals surface area contributed by atoms with Gasteiger partial charge >= 0.3 is 42.1 Å². The van der Waals surface area contributed by atoms with Gasteiger partial charge in [-0.2, -0.15) is 17.6 Å². The number of benzene rings is 3. The third kappa shape index (κ3) is 5.02. The zero-order valence-electron chi connectivity index (χ0n) is 16.8. The first-order chi connectivity index (χ1) is 14.8. The zero-order valence-corrected chi connectivity index (χ0v) is 18.8. The van der Waals surface area contributed by atoms with E-state index in [4.69, 9.17) is 0 Å². The van der Waals surface area contributed by atoms with E-state index in [-0.39, 0.29) is 41.2 Å². The van der Waals surface area contributed by atoms with Crippen LogP contribution in [0.15, 0.2) is 79.0 Å². The first-order valence-corrected chi connectivity index (χ1v) is 9.08. The number of hydrogen-bond acceptors (Lipinski definition) is 5. The van der Waals surface area contributed by atoms with Gasteiger partial charge < -0.3 is 15.0 Å². The summed E-state index contributed by atoms with van der Waals surface area (Å²) in [6.07, 6.45) is -7.30. The van der Waals surface area contributed by atoms with E-state index in [0.29, 0.717) is 10.8 Å². The Kier molecular flexibility index (Phi) is 7.35. The fraction of sp³-hybridized carbons (Fsp3) is 0.0909. The standard InChI is InChI=1S/C22H14F4N3O2.Na/c23-20(24)22(25,26)31-16-8-4-7-15(13-16)29(30)21-27-12-11-19(28-21)18-10-3-6-14-5-1-2-9-17(14)18;/h1-13,20H;/q-1;+1. The summed E-state index contributed by atoms with van der Waals surface area (Å²) in [7, 11) is 0. The third-order valence-corrected chi connectivity index (χ3v) is 4.45. The minimum atomic E-state index is -4.68. The van der Waals surface area contributed by atoms with E-state index < -0.39 is 18.3 Å². The minimum Gasteiger partial charge on any atom is -0.752 e. The van der Waals surface area contributed by atoms with E-state index in [2.05, 4.69) is 14.7 Å². The van der Waals surface area contributed by atoms with E-state index >= 15 is 0 Å². The molecule has 32 heavy (non-hydrogen) atoms. The Balaban J connectivity index is 0.00000289. The van der Waals surface area contributed by atoms with Crippen LogP contribution in [-0.2, 0) is 0 Å². The van der Waals surface area contributed by atoms with Crippen LogP contribution in [0.2, 0.25) is 0 Å². The summed E-state index contributed by atoms with van der Waals surface area (Å²) in [6, 6.07) is 19.4. The second-order valence-electron chi connectivity index (χ2n) is 6.52. The van der Waals surface area contributed by atoms with Crippen molar-refractivity contribution in [2.75, 3.05) is 5.06 Å². The molecule has 0 aliphatic carbocycles. The van der Waals surface area contributed by atoms with Crippen molar-refractivity contribution >= 4 is 22.4 Å². The summed E-state index contributed by atoms with van der Waals surface area (Å²) in [4.78, 5) is 8.24. The molecule has 0 atom stereocenters. The first kappa shape index (κ1) is 23.9. The molecular weight excluding hydrogens is 437 g/mol. The Labute approximate surface area is 202 Å². The summed E-state index contributed by atoms with van der Waals surface area (Å²) in [5.41, 5.74) is 1.11. The molecular formula is C22H14F4N3NaO2. The monoisotopic (exact) mass is 451 g/mol. The maximum Gasteiger partial charge on any atom is 1.00 e. The summed E-state index contributed by atoms with van der Waals surface area (Å²) in [5.74, 6) is -0.836. The molecule has 0 fully saturated rings. The number of aromatic nitrogens is 2. The predicted molar refractivity (Wildman–Crippen MR) is 109 cm³/mol. The molecule has 0 spiro atoms. The van der Waals surface area contributed by atoms with Crippen molar-refractivity contribution in [1.29, 1.82) is 0 Å². The molecule has 5 nitrogen and oxygen atoms in total. The molecule has 0 amide bonds. The van der Waals surface area contributed by atoms with Crippen LogP contribution in [0, 0.1) is 5.21 Å². The quantitative estimate of drug-likeness (QED) is 0.256. The average molecular weight is 451 g/mol. The molecule has 0 aliphatic rings. The van der Waals surface area contributed by atoms with E-state index in [1.807, 2.05) is 42.5 Å². The number of fused-ring (bicyclic) bond motifs is 1. The summed E-state index contributed by atoms with van der Waals surface area (Å²) >= 11 is 0. The van der Waals surface area contributed by atoms with Gasteiger partial charge in [0.1, 0.15) is 5.75 Å². The van der Waals surface area contributed by atoms with E-state index in [0.717, 1.165) is 28.5 Å². The number of halogens is 4. The Bertz CT molecular complexity index is 1220. The maximum atomic E-state index is 13.2. The topological polar surface area (TPSA) is 61.3 Å². The van der Waals surface area contributed by atoms with Crippen molar-refractivity contribution in [1.82, 2.24) is 9.97 Å². The van der Waals surface area contributed by atoms with Gasteiger partial charge in [-0.1, -0.05) is 48.5 Å². The molecule has 1 heterocycles. The number of hydrogen-bond donors (Lipinski definition) is 0. The van der Waals surface area contributed by atoms with Gasteiger partial charge in [-0.3, -0.25) is 0 Å². The van der Waals surface area contributed by atoms with Gasteiger partial charge in [0.05, 0.1) is 5.69 Å². The van der Waals surface area contributed by atoms with Gasteiger partial charge in [0, 0.05) is 23.5 Å². The fourth-order valence-electron chi connectivity index (χ4n) is 3.04. The average Bonchev–Trinajstić information content (AvgIpc) is 2.78. The Morgan fingerprint density at radius 3 is 2.44 bits per heavy atom. The maximum absolute atomic E-state index is 13.2. The third-order valence-electron chi connectivity index (χ3n) is 4.45. The van der Waals surface area contributed by atoms with Crippen LogP contribution in [0.5, 0.6) is 5.75 Å². The first-order valence-electron chi connectivity index (χ1n) is 9.08. The van der Waals surface area contributed by atoms with Crippen molar-refractivity contribution < 1.29 is 51.9 Å². The molecule has 4 aromatic rings. The Morgan fingerprint density at radius 1 is 0.938 bits per heavy atom. The summed E-state index contributed by atoms with van der Waals surface area (Å²) in [6.45, 7) is 0. The fourth-order valence-corrected chi connectivity index (χ4v) is 3.04. The minimum absolute atomic E-state index is 0. The molecule has 10 heteroatoms. The van der Waals surface area contributed by atoms with Crippen LogP contribution in [0.3, 0.4) is 0 Å². The molecule has 0 bridgehead atoms. The normalized spacial score (nSPS) is 11.3. The molecule has 0 saturated heterocycles. The van der Waals surface area contributed by atoms with Gasteiger partial charge in [-0.25, -0.2) is 9.97 Å². The van der Waals surface area contributed by atoms with Gasteiger partial charge in [0.2, 0.25) is 5.95 Å². The van der Waals surface area contributed by atoms with E-state index in [1.165, 1.54) is 18.3 Å². The molecule has 4 rings (SSSR count). The molecule has 0 radical (unpaired) electrons. The smallest absolute Gasteiger partial charge is 0.752 e. The molecule has 0 unspecified atom stereocenters. The van der Waals surface area contributed by atoms with Crippen molar-refractivity contribution in [2.24, 2.45) is 0 Å². The van der Waals surface area contributed by atoms with Gasteiger partial charge in [-0.15, -0.1) is 0 Å². The molecule has 0 aliphatic heterocycles. The van der Waals surface area contributed by atoms with E-state index in [9.17, 15) is 22.8 Å². The van der Waals surface area contributed by atoms with Crippen molar-refractivity contribution in [2.45, 2.75) is 12.5 Å². The molecule has 3 aromatic carbocycles. The number of nitrogens with zero attached hydrogens (tertiary/aromatic N) is 3. The van der Waals surface area contributed by atoms with Crippen LogP contribution in [-0.4, -0.2) is 22.5 Å². The number of rotatable bonds is 6. The second kappa shape index (κ2) is 9.83. The van der Waals surface area contributed by atoms with Crippen LogP contribution in [0.4, 0.5) is 29.2 Å². The molecule has 1 aromatic heterocycles. The Hall–Kier alpha value is -2.72. The number of ether oxygens (including phenoxy) is 1. The van der Waals surface area contributed by atoms with Gasteiger partial charge in [0.25, 0.3) is 0 Å². The molecule has 158 valence electrons. The van der Waals surface area contributed by atoms with Crippen molar-refractivity contribution in [3.63, 3.8) is 0 Å². The summed E-state index contributed by atoms with van der Waals surface area (Å²) < 4.78 is 55.1. The number of anilines is 2. The zero-order chi connectivity index (χ0) is 22.0. The van der Waals surface area contributed by atoms with Crippen molar-refractivity contribution in [3.8, 4) is 17.0 Å². The number of alkyl halides is 4. The summed E-state index contributed by atoms with van der Waals surface area (Å²) in [5, 5.41) is 15.0. The predicted octanol–water partition coefficient (Wildman–Crippen LogP) is 3.17. The van der Waals surface area contributed by atoms with Crippen LogP contribution in [0.1, 0.15) is 0 Å². The largest absolute Gasteiger partial charge is 1.00 e.